The Morgan fingerprint density at radius 3 is 2.59 bits per heavy atom. The Hall–Kier alpha value is -2.22. The molecule has 3 aliphatic heterocycles. The highest BCUT2D eigenvalue weighted by atomic mass is 19.1. The van der Waals surface area contributed by atoms with Gasteiger partial charge in [-0.3, -0.25) is 14.6 Å². The van der Waals surface area contributed by atoms with Gasteiger partial charge in [0.25, 0.3) is 0 Å². The number of aliphatic hydroxyl groups excluding tert-OH is 1. The molecule has 6 nitrogen and oxygen atoms in total. The van der Waals surface area contributed by atoms with Crippen molar-refractivity contribution in [3.8, 4) is 5.75 Å². The topological polar surface area (TPSA) is 56.2 Å². The van der Waals surface area contributed by atoms with Crippen LogP contribution in [-0.4, -0.2) is 82.3 Å². The molecule has 3 heterocycles. The number of hydrogen-bond donors (Lipinski definition) is 1. The molecule has 0 radical (unpaired) electrons. The number of carbonyl (C=O) groups is 1. The zero-order valence-electron chi connectivity index (χ0n) is 28.1. The second kappa shape index (κ2) is 13.6. The molecule has 4 aliphatic rings. The third kappa shape index (κ3) is 7.26. The normalized spacial score (nSPS) is 28.6. The lowest BCUT2D eigenvalue weighted by molar-refractivity contribution is -0.140. The highest BCUT2D eigenvalue weighted by Gasteiger charge is 2.43. The molecule has 0 aromatic heterocycles. The number of rotatable bonds is 12. The second-order valence-corrected chi connectivity index (χ2v) is 15.1. The van der Waals surface area contributed by atoms with E-state index in [2.05, 4.69) is 67.5 Å². The Morgan fingerprint density at radius 1 is 1.18 bits per heavy atom. The summed E-state index contributed by atoms with van der Waals surface area (Å²) in [4.78, 5) is 21.4. The predicted octanol–water partition coefficient (Wildman–Crippen LogP) is 6.98. The summed E-state index contributed by atoms with van der Waals surface area (Å²) in [5.41, 5.74) is 2.90. The van der Waals surface area contributed by atoms with Crippen LogP contribution in [0, 0.1) is 5.41 Å². The lowest BCUT2D eigenvalue weighted by Gasteiger charge is -2.47. The van der Waals surface area contributed by atoms with Gasteiger partial charge >= 0.3 is 0 Å². The van der Waals surface area contributed by atoms with Crippen LogP contribution < -0.4 is 4.74 Å². The molecule has 2 saturated heterocycles. The fourth-order valence-corrected chi connectivity index (χ4v) is 8.53. The molecule has 0 spiro atoms. The second-order valence-electron chi connectivity index (χ2n) is 15.1. The number of nitrogens with zero attached hydrogens (tertiary/aromatic N) is 3. The van der Waals surface area contributed by atoms with E-state index in [1.54, 1.807) is 6.08 Å². The molecule has 1 N–H and O–H groups in total. The van der Waals surface area contributed by atoms with Gasteiger partial charge in [-0.1, -0.05) is 58.7 Å². The molecule has 4 atom stereocenters. The predicted molar refractivity (Wildman–Crippen MR) is 175 cm³/mol. The minimum atomic E-state index is -0.550. The van der Waals surface area contributed by atoms with Gasteiger partial charge in [0.05, 0.1) is 18.7 Å². The van der Waals surface area contributed by atoms with Crippen LogP contribution in [0.5, 0.6) is 5.75 Å². The Labute approximate surface area is 265 Å². The molecular weight excluding hydrogens is 553 g/mol. The molecular formula is C37H56FN3O3. The van der Waals surface area contributed by atoms with E-state index in [0.717, 1.165) is 83.4 Å². The van der Waals surface area contributed by atoms with E-state index in [1.165, 1.54) is 11.1 Å². The summed E-state index contributed by atoms with van der Waals surface area (Å²) in [7, 11) is 0. The van der Waals surface area contributed by atoms with E-state index in [0.29, 0.717) is 24.5 Å². The lowest BCUT2D eigenvalue weighted by Crippen LogP contribution is -2.57. The van der Waals surface area contributed by atoms with Crippen molar-refractivity contribution in [3.05, 3.63) is 52.9 Å². The number of benzene rings is 1. The van der Waals surface area contributed by atoms with Crippen molar-refractivity contribution < 1.29 is 19.0 Å². The minimum Gasteiger partial charge on any atom is -0.493 e. The summed E-state index contributed by atoms with van der Waals surface area (Å²) in [6, 6.07) is 7.03. The number of aliphatic hydroxyl groups is 1. The maximum Gasteiger partial charge on any atom is 0.237 e. The van der Waals surface area contributed by atoms with Gasteiger partial charge in [0.15, 0.2) is 0 Å². The van der Waals surface area contributed by atoms with Crippen LogP contribution in [0.15, 0.2) is 41.8 Å². The molecule has 44 heavy (non-hydrogen) atoms. The van der Waals surface area contributed by atoms with Crippen molar-refractivity contribution >= 4 is 5.91 Å². The Bertz CT molecular complexity index is 1240. The van der Waals surface area contributed by atoms with E-state index in [-0.39, 0.29) is 29.2 Å². The number of ether oxygens (including phenoxy) is 1. The van der Waals surface area contributed by atoms with Crippen LogP contribution in [0.25, 0.3) is 0 Å². The van der Waals surface area contributed by atoms with E-state index in [4.69, 9.17) is 4.74 Å². The fourth-order valence-electron chi connectivity index (χ4n) is 8.53. The fraction of sp³-hybridized carbons (Fsp3) is 0.703. The van der Waals surface area contributed by atoms with Crippen molar-refractivity contribution in [2.24, 2.45) is 5.41 Å². The Morgan fingerprint density at radius 2 is 1.93 bits per heavy atom. The van der Waals surface area contributed by atoms with Gasteiger partial charge in [-0.05, 0) is 92.5 Å². The first-order chi connectivity index (χ1) is 20.9. The quantitative estimate of drug-likeness (QED) is 0.277. The van der Waals surface area contributed by atoms with E-state index < -0.39 is 11.8 Å². The highest BCUT2D eigenvalue weighted by Crippen LogP contribution is 2.40. The number of amides is 1. The van der Waals surface area contributed by atoms with Crippen molar-refractivity contribution in [2.45, 2.75) is 129 Å². The third-order valence-electron chi connectivity index (χ3n) is 10.6. The van der Waals surface area contributed by atoms with Gasteiger partial charge in [0.1, 0.15) is 17.8 Å². The van der Waals surface area contributed by atoms with E-state index in [1.807, 2.05) is 13.0 Å². The van der Waals surface area contributed by atoms with Crippen molar-refractivity contribution in [2.75, 3.05) is 32.8 Å². The number of fused-ring (bicyclic) bond motifs is 1. The summed E-state index contributed by atoms with van der Waals surface area (Å²) >= 11 is 0. The maximum absolute atomic E-state index is 14.6. The van der Waals surface area contributed by atoms with Crippen molar-refractivity contribution in [1.29, 1.82) is 0 Å². The van der Waals surface area contributed by atoms with Crippen LogP contribution in [-0.2, 0) is 11.2 Å². The molecule has 244 valence electrons. The molecule has 1 amide bonds. The molecule has 0 saturated carbocycles. The SMILES string of the molecule is CCCC(CCC)N(C(=O)CN1C[C@H](c2ccc3c(c2)CCO3)C[C@@H]1CCN1CC(C)(C)CC1O)C1(C)C=CC(F)=C(C)C1. The molecule has 1 aromatic carbocycles. The highest BCUT2D eigenvalue weighted by molar-refractivity contribution is 5.80. The van der Waals surface area contributed by atoms with Crippen LogP contribution >= 0.6 is 0 Å². The lowest BCUT2D eigenvalue weighted by atomic mass is 9.84. The zero-order chi connectivity index (χ0) is 31.6. The Kier molecular flexibility index (Phi) is 10.3. The first kappa shape index (κ1) is 33.2. The number of carbonyl (C=O) groups excluding carboxylic acids is 1. The summed E-state index contributed by atoms with van der Waals surface area (Å²) < 4.78 is 20.3. The van der Waals surface area contributed by atoms with Gasteiger partial charge in [-0.25, -0.2) is 4.39 Å². The average molecular weight is 610 g/mol. The molecule has 2 fully saturated rings. The summed E-state index contributed by atoms with van der Waals surface area (Å²) in [6.07, 6.45) is 11.2. The molecule has 0 bridgehead atoms. The summed E-state index contributed by atoms with van der Waals surface area (Å²) in [5, 5.41) is 10.8. The van der Waals surface area contributed by atoms with Gasteiger partial charge in [0.2, 0.25) is 5.91 Å². The number of halogens is 1. The molecule has 5 rings (SSSR count). The van der Waals surface area contributed by atoms with E-state index >= 15 is 0 Å². The van der Waals surface area contributed by atoms with Crippen LogP contribution in [0.4, 0.5) is 4.39 Å². The largest absolute Gasteiger partial charge is 0.493 e. The van der Waals surface area contributed by atoms with Gasteiger partial charge in [-0.15, -0.1) is 0 Å². The monoisotopic (exact) mass is 609 g/mol. The molecule has 1 aromatic rings. The third-order valence-corrected chi connectivity index (χ3v) is 10.6. The Balaban J connectivity index is 1.39. The number of allylic oxidation sites excluding steroid dienone is 2. The maximum atomic E-state index is 14.6. The van der Waals surface area contributed by atoms with Gasteiger partial charge in [0, 0.05) is 38.1 Å². The van der Waals surface area contributed by atoms with Crippen molar-refractivity contribution in [1.82, 2.24) is 14.7 Å². The van der Waals surface area contributed by atoms with Gasteiger partial charge < -0.3 is 14.7 Å². The van der Waals surface area contributed by atoms with Crippen molar-refractivity contribution in [3.63, 3.8) is 0 Å². The molecule has 7 heteroatoms. The number of likely N-dealkylation sites (tertiary alicyclic amines) is 2. The van der Waals surface area contributed by atoms with E-state index in [9.17, 15) is 14.3 Å². The average Bonchev–Trinajstić information content (AvgIpc) is 3.66. The zero-order valence-corrected chi connectivity index (χ0v) is 28.1. The standard InChI is InChI=1S/C37H56FN3O3/c1-7-9-30(10-8-2)41(37(6)16-13-32(38)26(3)21-37)35(43)24-40-23-29(27-11-12-33-28(19-27)15-18-44-33)20-31(40)14-17-39-25-36(4,5)22-34(39)42/h11-13,16,19,29-31,34,42H,7-10,14-15,17-18,20-25H2,1-6H3/t29-,31+,34?,37?/m1/s1. The molecule has 1 aliphatic carbocycles. The van der Waals surface area contributed by atoms with Gasteiger partial charge in [-0.2, -0.15) is 0 Å². The molecule has 2 unspecified atom stereocenters. The first-order valence-corrected chi connectivity index (χ1v) is 17.2. The first-order valence-electron chi connectivity index (χ1n) is 17.2. The summed E-state index contributed by atoms with van der Waals surface area (Å²) in [6.45, 7) is 16.5. The summed E-state index contributed by atoms with van der Waals surface area (Å²) in [5.74, 6) is 1.32. The van der Waals surface area contributed by atoms with Crippen LogP contribution in [0.2, 0.25) is 0 Å². The van der Waals surface area contributed by atoms with Crippen LogP contribution in [0.1, 0.15) is 110 Å². The minimum absolute atomic E-state index is 0.114. The van der Waals surface area contributed by atoms with Crippen LogP contribution in [0.3, 0.4) is 0 Å². The smallest absolute Gasteiger partial charge is 0.237 e. The number of hydrogen-bond acceptors (Lipinski definition) is 5.